The van der Waals surface area contributed by atoms with Crippen LogP contribution in [0.25, 0.3) is 0 Å². The monoisotopic (exact) mass is 470 g/mol. The van der Waals surface area contributed by atoms with E-state index in [1.54, 1.807) is 0 Å². The summed E-state index contributed by atoms with van der Waals surface area (Å²) in [4.78, 5) is 25.6. The third kappa shape index (κ3) is 3.60. The van der Waals surface area contributed by atoms with Crippen molar-refractivity contribution in [3.8, 4) is 0 Å². The standard InChI is InChI=1S/C28H38O6/c1-16(2)28-14-22(32-23(30)15-29)27(4,34-28)21-12-9-17(3)24(21)25(28)33-26(31)20-11-10-18-7-5-6-8-19(18)13-20/h10-11,13,16-17,21-22,24-25,29H,5-9,12,14-15H2,1-4H3/t17-,21-,22-,24-,25+,27+,28-/m1/s1. The Balaban J connectivity index is 1.49. The fourth-order valence-corrected chi connectivity index (χ4v) is 7.48. The number of hydrogen-bond donors (Lipinski definition) is 1. The maximum Gasteiger partial charge on any atom is 0.338 e. The molecule has 2 aliphatic carbocycles. The van der Waals surface area contributed by atoms with Crippen molar-refractivity contribution in [2.75, 3.05) is 6.61 Å². The van der Waals surface area contributed by atoms with E-state index in [-0.39, 0.29) is 23.7 Å². The number of ether oxygens (including phenoxy) is 3. The molecule has 0 unspecified atom stereocenters. The molecule has 0 amide bonds. The van der Waals surface area contributed by atoms with Crippen molar-refractivity contribution in [3.63, 3.8) is 0 Å². The number of aliphatic hydroxyl groups is 1. The molecule has 4 aliphatic rings. The first-order valence-electron chi connectivity index (χ1n) is 13.0. The number of hydrogen-bond acceptors (Lipinski definition) is 6. The highest BCUT2D eigenvalue weighted by Gasteiger charge is 2.72. The SMILES string of the molecule is CC(C)[C@@]12C[C@@H](OC(=O)CO)[C@@](C)(O1)[C@@H]1CC[C@@H](C)[C@H]1[C@@H]2OC(=O)c1ccc2c(c1)CCCC2. The van der Waals surface area contributed by atoms with Crippen molar-refractivity contribution in [2.24, 2.45) is 23.7 Å². The first kappa shape index (κ1) is 23.8. The summed E-state index contributed by atoms with van der Waals surface area (Å²) in [6.07, 6.45) is 5.99. The van der Waals surface area contributed by atoms with E-state index >= 15 is 0 Å². The normalized spacial score (nSPS) is 38.4. The van der Waals surface area contributed by atoms with Gasteiger partial charge < -0.3 is 19.3 Å². The molecule has 7 atom stereocenters. The molecule has 2 saturated heterocycles. The highest BCUT2D eigenvalue weighted by atomic mass is 16.6. The van der Waals surface area contributed by atoms with Crippen LogP contribution in [0.5, 0.6) is 0 Å². The van der Waals surface area contributed by atoms with Crippen molar-refractivity contribution in [2.45, 2.75) is 96.1 Å². The smallest absolute Gasteiger partial charge is 0.338 e. The van der Waals surface area contributed by atoms with Crippen LogP contribution in [0.3, 0.4) is 0 Å². The van der Waals surface area contributed by atoms with Gasteiger partial charge in [-0.05, 0) is 86.5 Å². The van der Waals surface area contributed by atoms with Crippen LogP contribution in [0.15, 0.2) is 18.2 Å². The van der Waals surface area contributed by atoms with E-state index in [0.717, 1.165) is 32.1 Å². The van der Waals surface area contributed by atoms with Crippen molar-refractivity contribution in [3.05, 3.63) is 34.9 Å². The summed E-state index contributed by atoms with van der Waals surface area (Å²) in [5.41, 5.74) is 1.82. The number of esters is 2. The summed E-state index contributed by atoms with van der Waals surface area (Å²) in [5, 5.41) is 9.32. The van der Waals surface area contributed by atoms with E-state index in [0.29, 0.717) is 17.9 Å². The molecule has 1 N–H and O–H groups in total. The number of aryl methyl sites for hydroxylation is 2. The molecule has 6 heteroatoms. The Morgan fingerprint density at radius 2 is 1.88 bits per heavy atom. The summed E-state index contributed by atoms with van der Waals surface area (Å²) in [5.74, 6) is -0.235. The minimum Gasteiger partial charge on any atom is -0.457 e. The van der Waals surface area contributed by atoms with Crippen LogP contribution in [0, 0.1) is 23.7 Å². The summed E-state index contributed by atoms with van der Waals surface area (Å²) in [7, 11) is 0. The van der Waals surface area contributed by atoms with E-state index in [1.807, 2.05) is 19.1 Å². The van der Waals surface area contributed by atoms with Crippen molar-refractivity contribution in [1.82, 2.24) is 0 Å². The first-order valence-corrected chi connectivity index (χ1v) is 13.0. The molecule has 2 bridgehead atoms. The molecule has 2 heterocycles. The Kier molecular flexibility index (Phi) is 6.04. The van der Waals surface area contributed by atoms with Crippen molar-refractivity contribution >= 4 is 11.9 Å². The van der Waals surface area contributed by atoms with Gasteiger partial charge in [-0.15, -0.1) is 0 Å². The van der Waals surface area contributed by atoms with Gasteiger partial charge in [0, 0.05) is 12.3 Å². The lowest BCUT2D eigenvalue weighted by Gasteiger charge is -2.53. The third-order valence-corrected chi connectivity index (χ3v) is 9.37. The lowest BCUT2D eigenvalue weighted by Crippen LogP contribution is -2.62. The predicted molar refractivity (Wildman–Crippen MR) is 126 cm³/mol. The van der Waals surface area contributed by atoms with Gasteiger partial charge >= 0.3 is 11.9 Å². The Hall–Kier alpha value is -1.92. The molecule has 186 valence electrons. The maximum atomic E-state index is 13.5. The molecule has 2 aliphatic heterocycles. The zero-order chi connectivity index (χ0) is 24.3. The molecular formula is C28H38O6. The average Bonchev–Trinajstić information content (AvgIpc) is 3.34. The Labute approximate surface area is 202 Å². The summed E-state index contributed by atoms with van der Waals surface area (Å²) in [6, 6.07) is 6.00. The summed E-state index contributed by atoms with van der Waals surface area (Å²) < 4.78 is 19.0. The summed E-state index contributed by atoms with van der Waals surface area (Å²) >= 11 is 0. The lowest BCUT2D eigenvalue weighted by atomic mass is 9.69. The van der Waals surface area contributed by atoms with Gasteiger partial charge in [-0.25, -0.2) is 9.59 Å². The molecule has 3 fully saturated rings. The molecule has 1 aromatic rings. The van der Waals surface area contributed by atoms with Crippen molar-refractivity contribution < 1.29 is 28.9 Å². The number of fused-ring (bicyclic) bond motifs is 5. The van der Waals surface area contributed by atoms with Gasteiger partial charge in [0.1, 0.15) is 30.0 Å². The van der Waals surface area contributed by atoms with Crippen LogP contribution in [0.4, 0.5) is 0 Å². The van der Waals surface area contributed by atoms with Gasteiger partial charge in [0.15, 0.2) is 0 Å². The minimum atomic E-state index is -0.737. The van der Waals surface area contributed by atoms with E-state index in [4.69, 9.17) is 14.2 Å². The lowest BCUT2D eigenvalue weighted by molar-refractivity contribution is -0.259. The van der Waals surface area contributed by atoms with E-state index in [9.17, 15) is 14.7 Å². The van der Waals surface area contributed by atoms with E-state index < -0.39 is 36.0 Å². The average molecular weight is 471 g/mol. The Morgan fingerprint density at radius 1 is 1.15 bits per heavy atom. The van der Waals surface area contributed by atoms with Crippen LogP contribution in [0.1, 0.15) is 81.3 Å². The van der Waals surface area contributed by atoms with Gasteiger partial charge in [-0.1, -0.05) is 26.8 Å². The van der Waals surface area contributed by atoms with Crippen LogP contribution in [0.2, 0.25) is 0 Å². The van der Waals surface area contributed by atoms with Gasteiger partial charge in [-0.3, -0.25) is 0 Å². The van der Waals surface area contributed by atoms with Gasteiger partial charge in [-0.2, -0.15) is 0 Å². The zero-order valence-electron chi connectivity index (χ0n) is 20.8. The zero-order valence-corrected chi connectivity index (χ0v) is 20.8. The topological polar surface area (TPSA) is 82.1 Å². The number of carbonyl (C=O) groups is 2. The second kappa shape index (κ2) is 8.63. The molecule has 1 aromatic carbocycles. The fraction of sp³-hybridized carbons (Fsp3) is 0.714. The Bertz CT molecular complexity index is 972. The van der Waals surface area contributed by atoms with Crippen LogP contribution in [-0.4, -0.2) is 47.1 Å². The highest BCUT2D eigenvalue weighted by molar-refractivity contribution is 5.90. The number of benzene rings is 1. The first-order chi connectivity index (χ1) is 16.2. The fourth-order valence-electron chi connectivity index (χ4n) is 7.48. The molecule has 0 radical (unpaired) electrons. The van der Waals surface area contributed by atoms with Crippen molar-refractivity contribution in [1.29, 1.82) is 0 Å². The van der Waals surface area contributed by atoms with Gasteiger partial charge in [0.2, 0.25) is 0 Å². The van der Waals surface area contributed by atoms with Crippen LogP contribution in [-0.2, 0) is 31.8 Å². The second-order valence-corrected chi connectivity index (χ2v) is 11.5. The molecule has 0 aromatic heterocycles. The van der Waals surface area contributed by atoms with Gasteiger partial charge in [0.05, 0.1) is 5.56 Å². The van der Waals surface area contributed by atoms with Crippen LogP contribution < -0.4 is 0 Å². The molecule has 0 spiro atoms. The molecule has 1 saturated carbocycles. The summed E-state index contributed by atoms with van der Waals surface area (Å²) in [6.45, 7) is 7.82. The number of rotatable bonds is 5. The predicted octanol–water partition coefficient (Wildman–Crippen LogP) is 4.24. The molecule has 34 heavy (non-hydrogen) atoms. The maximum absolute atomic E-state index is 13.5. The second-order valence-electron chi connectivity index (χ2n) is 11.5. The van der Waals surface area contributed by atoms with Gasteiger partial charge in [0.25, 0.3) is 0 Å². The number of carbonyl (C=O) groups excluding carboxylic acids is 2. The quantitative estimate of drug-likeness (QED) is 0.648. The van der Waals surface area contributed by atoms with E-state index in [2.05, 4.69) is 26.8 Å². The molecular weight excluding hydrogens is 432 g/mol. The molecule has 6 nitrogen and oxygen atoms in total. The highest BCUT2D eigenvalue weighted by Crippen LogP contribution is 2.63. The van der Waals surface area contributed by atoms with Crippen LogP contribution >= 0.6 is 0 Å². The Morgan fingerprint density at radius 3 is 2.59 bits per heavy atom. The molecule has 5 rings (SSSR count). The van der Waals surface area contributed by atoms with E-state index in [1.165, 1.54) is 17.5 Å². The minimum absolute atomic E-state index is 0.0553. The number of aliphatic hydroxyl groups excluding tert-OH is 1. The third-order valence-electron chi connectivity index (χ3n) is 9.37. The largest absolute Gasteiger partial charge is 0.457 e.